The van der Waals surface area contributed by atoms with Gasteiger partial charge in [-0.25, -0.2) is 4.79 Å². The van der Waals surface area contributed by atoms with Crippen LogP contribution in [0.4, 0.5) is 10.5 Å². The Bertz CT molecular complexity index is 487. The zero-order valence-corrected chi connectivity index (χ0v) is 10.9. The number of benzene rings is 1. The van der Waals surface area contributed by atoms with Crippen LogP contribution in [0.15, 0.2) is 24.3 Å². The van der Waals surface area contributed by atoms with Crippen LogP contribution < -0.4 is 10.2 Å². The van der Waals surface area contributed by atoms with E-state index in [4.69, 9.17) is 5.11 Å². The third kappa shape index (κ3) is 2.86. The molecule has 0 spiro atoms. The molecule has 0 bridgehead atoms. The smallest absolute Gasteiger partial charge is 0.321 e. The van der Waals surface area contributed by atoms with Crippen molar-refractivity contribution in [2.75, 3.05) is 18.0 Å². The first-order valence-corrected chi connectivity index (χ1v) is 6.49. The van der Waals surface area contributed by atoms with Gasteiger partial charge in [-0.2, -0.15) is 0 Å². The predicted molar refractivity (Wildman–Crippen MR) is 72.3 cm³/mol. The summed E-state index contributed by atoms with van der Waals surface area (Å²) in [6, 6.07) is 7.56. The molecule has 5 heteroatoms. The van der Waals surface area contributed by atoms with Gasteiger partial charge in [-0.3, -0.25) is 9.69 Å². The molecule has 19 heavy (non-hydrogen) atoms. The number of anilines is 1. The molecule has 2 rings (SSSR count). The molecule has 0 aromatic heterocycles. The lowest BCUT2D eigenvalue weighted by Crippen LogP contribution is -2.42. The largest absolute Gasteiger partial charge is 0.481 e. The predicted octanol–water partition coefficient (Wildman–Crippen LogP) is 1.87. The van der Waals surface area contributed by atoms with E-state index in [1.165, 1.54) is 0 Å². The summed E-state index contributed by atoms with van der Waals surface area (Å²) < 4.78 is 0. The second kappa shape index (κ2) is 5.73. The van der Waals surface area contributed by atoms with Crippen molar-refractivity contribution in [1.29, 1.82) is 0 Å². The highest BCUT2D eigenvalue weighted by molar-refractivity contribution is 5.94. The van der Waals surface area contributed by atoms with Crippen molar-refractivity contribution in [3.8, 4) is 0 Å². The number of hydrogen-bond acceptors (Lipinski definition) is 2. The lowest BCUT2D eigenvalue weighted by molar-refractivity contribution is -0.141. The van der Waals surface area contributed by atoms with E-state index < -0.39 is 11.9 Å². The number of carboxylic acids is 1. The molecular formula is C14H18N2O3. The standard InChI is InChI=1S/C14H18N2O3/c1-2-10(13(17)18)9-15-14(19)16-8-7-11-5-3-4-6-12(11)16/h3-6,10H,2,7-9H2,1H3,(H,15,19)(H,17,18). The van der Waals surface area contributed by atoms with Crippen LogP contribution in [0, 0.1) is 5.92 Å². The monoisotopic (exact) mass is 262 g/mol. The molecule has 1 aromatic carbocycles. The quantitative estimate of drug-likeness (QED) is 0.870. The fourth-order valence-electron chi connectivity index (χ4n) is 2.26. The number of hydrogen-bond donors (Lipinski definition) is 2. The second-order valence-corrected chi connectivity index (χ2v) is 4.66. The number of fused-ring (bicyclic) bond motifs is 1. The van der Waals surface area contributed by atoms with Crippen LogP contribution in [-0.2, 0) is 11.2 Å². The minimum Gasteiger partial charge on any atom is -0.481 e. The Morgan fingerprint density at radius 2 is 2.16 bits per heavy atom. The minimum atomic E-state index is -0.871. The molecule has 0 saturated heterocycles. The summed E-state index contributed by atoms with van der Waals surface area (Å²) in [5.74, 6) is -1.40. The van der Waals surface area contributed by atoms with Crippen LogP contribution in [-0.4, -0.2) is 30.2 Å². The third-order valence-electron chi connectivity index (χ3n) is 3.47. The molecule has 102 valence electrons. The molecule has 0 saturated carbocycles. The maximum absolute atomic E-state index is 12.1. The van der Waals surface area contributed by atoms with Crippen molar-refractivity contribution in [2.24, 2.45) is 5.92 Å². The van der Waals surface area contributed by atoms with Gasteiger partial charge >= 0.3 is 12.0 Å². The Kier molecular flexibility index (Phi) is 4.04. The number of carboxylic acid groups (broad SMARTS) is 1. The summed E-state index contributed by atoms with van der Waals surface area (Å²) in [4.78, 5) is 24.6. The van der Waals surface area contributed by atoms with Crippen molar-refractivity contribution in [3.05, 3.63) is 29.8 Å². The summed E-state index contributed by atoms with van der Waals surface area (Å²) in [6.07, 6.45) is 1.35. The van der Waals surface area contributed by atoms with Crippen LogP contribution in [0.1, 0.15) is 18.9 Å². The Hall–Kier alpha value is -2.04. The molecule has 1 aliphatic heterocycles. The number of urea groups is 1. The second-order valence-electron chi connectivity index (χ2n) is 4.66. The molecule has 5 nitrogen and oxygen atoms in total. The highest BCUT2D eigenvalue weighted by Gasteiger charge is 2.25. The maximum atomic E-state index is 12.1. The summed E-state index contributed by atoms with van der Waals surface area (Å²) in [5.41, 5.74) is 2.08. The number of nitrogens with zero attached hydrogens (tertiary/aromatic N) is 1. The van der Waals surface area contributed by atoms with Gasteiger partial charge in [-0.15, -0.1) is 0 Å². The fourth-order valence-corrected chi connectivity index (χ4v) is 2.26. The van der Waals surface area contributed by atoms with Crippen LogP contribution >= 0.6 is 0 Å². The number of nitrogens with one attached hydrogen (secondary N) is 1. The normalized spacial score (nSPS) is 14.9. The average molecular weight is 262 g/mol. The van der Waals surface area contributed by atoms with E-state index in [2.05, 4.69) is 5.32 Å². The van der Waals surface area contributed by atoms with E-state index in [0.29, 0.717) is 13.0 Å². The zero-order chi connectivity index (χ0) is 13.8. The lowest BCUT2D eigenvalue weighted by Gasteiger charge is -2.19. The SMILES string of the molecule is CCC(CNC(=O)N1CCc2ccccc21)C(=O)O. The van der Waals surface area contributed by atoms with Crippen molar-refractivity contribution >= 4 is 17.7 Å². The molecule has 0 fully saturated rings. The Labute approximate surface area is 112 Å². The first-order valence-electron chi connectivity index (χ1n) is 6.49. The number of aliphatic carboxylic acids is 1. The average Bonchev–Trinajstić information content (AvgIpc) is 2.82. The van der Waals surface area contributed by atoms with Crippen LogP contribution in [0.25, 0.3) is 0 Å². The molecule has 0 aliphatic carbocycles. The Morgan fingerprint density at radius 1 is 1.42 bits per heavy atom. The van der Waals surface area contributed by atoms with E-state index in [1.807, 2.05) is 24.3 Å². The van der Waals surface area contributed by atoms with Gasteiger partial charge in [0, 0.05) is 18.8 Å². The van der Waals surface area contributed by atoms with Crippen molar-refractivity contribution in [3.63, 3.8) is 0 Å². The van der Waals surface area contributed by atoms with E-state index in [0.717, 1.165) is 17.7 Å². The molecule has 2 amide bonds. The molecule has 1 heterocycles. The molecule has 2 N–H and O–H groups in total. The van der Waals surface area contributed by atoms with E-state index in [-0.39, 0.29) is 12.6 Å². The van der Waals surface area contributed by atoms with Gasteiger partial charge in [-0.05, 0) is 24.5 Å². The number of amides is 2. The van der Waals surface area contributed by atoms with Crippen molar-refractivity contribution < 1.29 is 14.7 Å². The Morgan fingerprint density at radius 3 is 2.84 bits per heavy atom. The topological polar surface area (TPSA) is 69.6 Å². The van der Waals surface area contributed by atoms with Crippen LogP contribution in [0.2, 0.25) is 0 Å². The molecular weight excluding hydrogens is 244 g/mol. The first-order chi connectivity index (χ1) is 9.13. The highest BCUT2D eigenvalue weighted by atomic mass is 16.4. The number of carbonyl (C=O) groups is 2. The van der Waals surface area contributed by atoms with Gasteiger partial charge in [-0.1, -0.05) is 25.1 Å². The molecule has 0 radical (unpaired) electrons. The number of para-hydroxylation sites is 1. The first kappa shape index (κ1) is 13.4. The van der Waals surface area contributed by atoms with Crippen LogP contribution in [0.3, 0.4) is 0 Å². The summed E-state index contributed by atoms with van der Waals surface area (Å²) in [7, 11) is 0. The van der Waals surface area contributed by atoms with E-state index in [9.17, 15) is 9.59 Å². The molecule has 1 unspecified atom stereocenters. The fraction of sp³-hybridized carbons (Fsp3) is 0.429. The third-order valence-corrected chi connectivity index (χ3v) is 3.47. The molecule has 1 aromatic rings. The van der Waals surface area contributed by atoms with Crippen LogP contribution in [0.5, 0.6) is 0 Å². The summed E-state index contributed by atoms with van der Waals surface area (Å²) in [5, 5.41) is 11.6. The van der Waals surface area contributed by atoms with Gasteiger partial charge in [0.1, 0.15) is 0 Å². The maximum Gasteiger partial charge on any atom is 0.321 e. The van der Waals surface area contributed by atoms with E-state index in [1.54, 1.807) is 11.8 Å². The van der Waals surface area contributed by atoms with Gasteiger partial charge in [0.25, 0.3) is 0 Å². The molecule has 1 atom stereocenters. The van der Waals surface area contributed by atoms with Crippen molar-refractivity contribution in [2.45, 2.75) is 19.8 Å². The van der Waals surface area contributed by atoms with E-state index >= 15 is 0 Å². The van der Waals surface area contributed by atoms with Gasteiger partial charge in [0.2, 0.25) is 0 Å². The highest BCUT2D eigenvalue weighted by Crippen LogP contribution is 2.27. The zero-order valence-electron chi connectivity index (χ0n) is 10.9. The number of carbonyl (C=O) groups excluding carboxylic acids is 1. The lowest BCUT2D eigenvalue weighted by atomic mass is 10.1. The minimum absolute atomic E-state index is 0.170. The van der Waals surface area contributed by atoms with Gasteiger partial charge in [0.15, 0.2) is 0 Å². The summed E-state index contributed by atoms with van der Waals surface area (Å²) >= 11 is 0. The summed E-state index contributed by atoms with van der Waals surface area (Å²) in [6.45, 7) is 2.62. The van der Waals surface area contributed by atoms with Crippen molar-refractivity contribution in [1.82, 2.24) is 5.32 Å². The molecule has 1 aliphatic rings. The Balaban J connectivity index is 1.97. The van der Waals surface area contributed by atoms with Gasteiger partial charge in [0.05, 0.1) is 5.92 Å². The van der Waals surface area contributed by atoms with Gasteiger partial charge < -0.3 is 10.4 Å². The number of rotatable bonds is 4.